The average molecular weight is 200 g/mol. The summed E-state index contributed by atoms with van der Waals surface area (Å²) in [7, 11) is 1.44. The van der Waals surface area contributed by atoms with E-state index in [1.165, 1.54) is 9.24 Å². The van der Waals surface area contributed by atoms with Crippen LogP contribution in [0, 0.1) is 29.1 Å². The summed E-state index contributed by atoms with van der Waals surface area (Å²) in [5, 5.41) is -0.952. The summed E-state index contributed by atoms with van der Waals surface area (Å²) < 4.78 is 61.5. The van der Waals surface area contributed by atoms with E-state index < -0.39 is 34.4 Å². The highest BCUT2D eigenvalue weighted by molar-refractivity contribution is 7.27. The SMILES string of the molecule is Fc1c(F)c(F)c(P)c(F)c1F. The molecule has 0 N–H and O–H groups in total. The lowest BCUT2D eigenvalue weighted by Crippen LogP contribution is -2.13. The number of hydrogen-bond donors (Lipinski definition) is 0. The highest BCUT2D eigenvalue weighted by Gasteiger charge is 2.22. The van der Waals surface area contributed by atoms with E-state index in [-0.39, 0.29) is 0 Å². The zero-order chi connectivity index (χ0) is 9.46. The molecule has 1 atom stereocenters. The Morgan fingerprint density at radius 1 is 0.583 bits per heavy atom. The lowest BCUT2D eigenvalue weighted by Gasteiger charge is -2.02. The molecule has 1 rings (SSSR count). The van der Waals surface area contributed by atoms with Crippen molar-refractivity contribution in [3.05, 3.63) is 29.1 Å². The van der Waals surface area contributed by atoms with E-state index >= 15 is 0 Å². The lowest BCUT2D eigenvalue weighted by molar-refractivity contribution is 0.384. The van der Waals surface area contributed by atoms with E-state index in [1.54, 1.807) is 0 Å². The second kappa shape index (κ2) is 2.98. The van der Waals surface area contributed by atoms with E-state index in [2.05, 4.69) is 0 Å². The molecule has 0 amide bonds. The lowest BCUT2D eigenvalue weighted by atomic mass is 10.3. The normalized spacial score (nSPS) is 10.5. The van der Waals surface area contributed by atoms with Crippen LogP contribution in [0.1, 0.15) is 0 Å². The summed E-state index contributed by atoms with van der Waals surface area (Å²) in [5.74, 6) is -9.65. The van der Waals surface area contributed by atoms with Crippen molar-refractivity contribution in [1.82, 2.24) is 0 Å². The number of rotatable bonds is 0. The Balaban J connectivity index is 3.60. The van der Waals surface area contributed by atoms with Crippen LogP contribution in [0.4, 0.5) is 22.0 Å². The first-order valence-electron chi connectivity index (χ1n) is 2.73. The second-order valence-electron chi connectivity index (χ2n) is 1.98. The molecule has 66 valence electrons. The van der Waals surface area contributed by atoms with Crippen LogP contribution in [-0.2, 0) is 0 Å². The Labute approximate surface area is 66.6 Å². The fourth-order valence-electron chi connectivity index (χ4n) is 0.622. The molecule has 1 aromatic carbocycles. The standard InChI is InChI=1S/C6H2F5P/c7-1-2(8)4(10)6(12)5(11)3(1)9/h12H2. The molecule has 0 saturated carbocycles. The maximum atomic E-state index is 12.4. The van der Waals surface area contributed by atoms with E-state index in [9.17, 15) is 22.0 Å². The fourth-order valence-corrected chi connectivity index (χ4v) is 0.875. The van der Waals surface area contributed by atoms with Gasteiger partial charge >= 0.3 is 0 Å². The quantitative estimate of drug-likeness (QED) is 0.259. The molecule has 0 aliphatic heterocycles. The highest BCUT2D eigenvalue weighted by atomic mass is 31.0. The van der Waals surface area contributed by atoms with Crippen LogP contribution in [0.25, 0.3) is 0 Å². The summed E-state index contributed by atoms with van der Waals surface area (Å²) in [4.78, 5) is 0. The maximum absolute atomic E-state index is 12.4. The summed E-state index contributed by atoms with van der Waals surface area (Å²) in [6.07, 6.45) is 0. The molecule has 0 bridgehead atoms. The summed E-state index contributed by atoms with van der Waals surface area (Å²) in [6.45, 7) is 0. The van der Waals surface area contributed by atoms with Gasteiger partial charge in [-0.05, 0) is 0 Å². The smallest absolute Gasteiger partial charge is 0.200 e. The third kappa shape index (κ3) is 1.18. The van der Waals surface area contributed by atoms with E-state index in [0.717, 1.165) is 0 Å². The molecule has 0 spiro atoms. The van der Waals surface area contributed by atoms with Crippen molar-refractivity contribution in [1.29, 1.82) is 0 Å². The molecule has 0 saturated heterocycles. The monoisotopic (exact) mass is 200 g/mol. The van der Waals surface area contributed by atoms with Crippen LogP contribution in [0.3, 0.4) is 0 Å². The van der Waals surface area contributed by atoms with Crippen molar-refractivity contribution in [2.24, 2.45) is 0 Å². The Hall–Kier alpha value is -0.700. The van der Waals surface area contributed by atoms with Crippen molar-refractivity contribution in [2.75, 3.05) is 0 Å². The minimum absolute atomic E-state index is 0.952. The summed E-state index contributed by atoms with van der Waals surface area (Å²) >= 11 is 0. The van der Waals surface area contributed by atoms with Gasteiger partial charge in [0, 0.05) is 5.30 Å². The maximum Gasteiger partial charge on any atom is 0.200 e. The molecular formula is C6H2F5P. The van der Waals surface area contributed by atoms with E-state index in [4.69, 9.17) is 0 Å². The first-order valence-corrected chi connectivity index (χ1v) is 3.31. The van der Waals surface area contributed by atoms with Gasteiger partial charge < -0.3 is 0 Å². The molecule has 0 nitrogen and oxygen atoms in total. The van der Waals surface area contributed by atoms with Crippen molar-refractivity contribution in [3.8, 4) is 0 Å². The zero-order valence-electron chi connectivity index (χ0n) is 5.47. The topological polar surface area (TPSA) is 0 Å². The molecule has 6 heteroatoms. The fraction of sp³-hybridized carbons (Fsp3) is 0. The van der Waals surface area contributed by atoms with Gasteiger partial charge in [0.2, 0.25) is 5.82 Å². The predicted molar refractivity (Wildman–Crippen MR) is 35.6 cm³/mol. The summed E-state index contributed by atoms with van der Waals surface area (Å²) in [6, 6.07) is 0. The van der Waals surface area contributed by atoms with Crippen molar-refractivity contribution in [2.45, 2.75) is 0 Å². The molecule has 1 unspecified atom stereocenters. The van der Waals surface area contributed by atoms with Crippen LogP contribution in [-0.4, -0.2) is 0 Å². The predicted octanol–water partition coefficient (Wildman–Crippen LogP) is 1.88. The van der Waals surface area contributed by atoms with Crippen molar-refractivity contribution >= 4 is 14.5 Å². The largest absolute Gasteiger partial charge is 0.203 e. The minimum atomic E-state index is -2.14. The third-order valence-electron chi connectivity index (χ3n) is 1.24. The molecule has 0 aliphatic rings. The first-order chi connectivity index (χ1) is 5.46. The van der Waals surface area contributed by atoms with Crippen LogP contribution >= 0.6 is 9.24 Å². The summed E-state index contributed by atoms with van der Waals surface area (Å²) in [5.41, 5.74) is 0. The van der Waals surface area contributed by atoms with Gasteiger partial charge in [0.05, 0.1) is 0 Å². The molecule has 0 aliphatic carbocycles. The van der Waals surface area contributed by atoms with Gasteiger partial charge in [-0.3, -0.25) is 0 Å². The van der Waals surface area contributed by atoms with Gasteiger partial charge in [0.15, 0.2) is 23.3 Å². The van der Waals surface area contributed by atoms with Gasteiger partial charge in [0.1, 0.15) is 0 Å². The van der Waals surface area contributed by atoms with Gasteiger partial charge in [-0.2, -0.15) is 0 Å². The molecule has 0 heterocycles. The van der Waals surface area contributed by atoms with E-state index in [0.29, 0.717) is 0 Å². The van der Waals surface area contributed by atoms with Crippen molar-refractivity contribution < 1.29 is 22.0 Å². The van der Waals surface area contributed by atoms with E-state index in [1.807, 2.05) is 0 Å². The van der Waals surface area contributed by atoms with Gasteiger partial charge in [-0.1, -0.05) is 9.24 Å². The number of benzene rings is 1. The Morgan fingerprint density at radius 3 is 1.17 bits per heavy atom. The Kier molecular flexibility index (Phi) is 2.33. The first kappa shape index (κ1) is 9.39. The molecule has 0 fully saturated rings. The van der Waals surface area contributed by atoms with Crippen LogP contribution in [0.5, 0.6) is 0 Å². The molecular weight excluding hydrogens is 198 g/mol. The zero-order valence-corrected chi connectivity index (χ0v) is 6.62. The van der Waals surface area contributed by atoms with Gasteiger partial charge in [-0.15, -0.1) is 0 Å². The molecule has 0 aromatic heterocycles. The minimum Gasteiger partial charge on any atom is -0.203 e. The van der Waals surface area contributed by atoms with Crippen LogP contribution in [0.15, 0.2) is 0 Å². The molecule has 12 heavy (non-hydrogen) atoms. The highest BCUT2D eigenvalue weighted by Crippen LogP contribution is 2.17. The van der Waals surface area contributed by atoms with Crippen LogP contribution in [0.2, 0.25) is 0 Å². The second-order valence-corrected chi connectivity index (χ2v) is 2.56. The Bertz CT molecular complexity index is 230. The number of hydrogen-bond acceptors (Lipinski definition) is 0. The molecule has 0 radical (unpaired) electrons. The van der Waals surface area contributed by atoms with Gasteiger partial charge in [-0.25, -0.2) is 22.0 Å². The average Bonchev–Trinajstić information content (AvgIpc) is 2.08. The van der Waals surface area contributed by atoms with Gasteiger partial charge in [0.25, 0.3) is 0 Å². The Morgan fingerprint density at radius 2 is 0.833 bits per heavy atom. The van der Waals surface area contributed by atoms with Crippen molar-refractivity contribution in [3.63, 3.8) is 0 Å². The van der Waals surface area contributed by atoms with Crippen LogP contribution < -0.4 is 5.30 Å². The molecule has 1 aromatic rings. The number of halogens is 5. The third-order valence-corrected chi connectivity index (χ3v) is 1.75.